The van der Waals surface area contributed by atoms with Crippen molar-refractivity contribution in [1.29, 1.82) is 0 Å². The molecule has 1 aromatic rings. The average Bonchev–Trinajstić information content (AvgIpc) is 2.03. The van der Waals surface area contributed by atoms with Crippen LogP contribution in [0.1, 0.15) is 11.1 Å². The molecule has 0 aliphatic rings. The van der Waals surface area contributed by atoms with Crippen molar-refractivity contribution in [2.75, 3.05) is 0 Å². The highest BCUT2D eigenvalue weighted by molar-refractivity contribution is 5.42. The molecule has 0 unspecified atom stereocenters. The van der Waals surface area contributed by atoms with Gasteiger partial charge in [0.25, 0.3) is 5.69 Å². The molecule has 12 heavy (non-hydrogen) atoms. The van der Waals surface area contributed by atoms with Crippen LogP contribution in [0.2, 0.25) is 0 Å². The molecular weight excluding hydrogens is 156 g/mol. The molecule has 0 fully saturated rings. The summed E-state index contributed by atoms with van der Waals surface area (Å²) in [5, 5.41) is 10.4. The Hall–Kier alpha value is -1.42. The van der Waals surface area contributed by atoms with Crippen molar-refractivity contribution in [1.82, 2.24) is 0 Å². The van der Waals surface area contributed by atoms with E-state index in [4.69, 9.17) is 5.73 Å². The predicted octanol–water partition coefficient (Wildman–Crippen LogP) is 1.36. The highest BCUT2D eigenvalue weighted by Gasteiger charge is 2.10. The van der Waals surface area contributed by atoms with Crippen molar-refractivity contribution in [3.63, 3.8) is 0 Å². The summed E-state index contributed by atoms with van der Waals surface area (Å²) in [6.07, 6.45) is 0. The first kappa shape index (κ1) is 8.67. The number of nitro benzene ring substituents is 1. The molecule has 0 bridgehead atoms. The zero-order valence-electron chi connectivity index (χ0n) is 6.78. The van der Waals surface area contributed by atoms with E-state index in [1.54, 1.807) is 12.1 Å². The fraction of sp³-hybridized carbons (Fsp3) is 0.250. The lowest BCUT2D eigenvalue weighted by Gasteiger charge is -1.99. The van der Waals surface area contributed by atoms with Gasteiger partial charge in [-0.25, -0.2) is 0 Å². The summed E-state index contributed by atoms with van der Waals surface area (Å²) in [4.78, 5) is 10.0. The van der Waals surface area contributed by atoms with E-state index in [0.717, 1.165) is 5.56 Å². The van der Waals surface area contributed by atoms with Crippen molar-refractivity contribution in [3.8, 4) is 0 Å². The molecule has 0 radical (unpaired) electrons. The van der Waals surface area contributed by atoms with Crippen LogP contribution in [-0.2, 0) is 6.54 Å². The van der Waals surface area contributed by atoms with E-state index >= 15 is 0 Å². The van der Waals surface area contributed by atoms with Gasteiger partial charge in [-0.2, -0.15) is 0 Å². The highest BCUT2D eigenvalue weighted by atomic mass is 16.6. The van der Waals surface area contributed by atoms with Crippen molar-refractivity contribution in [3.05, 3.63) is 39.4 Å². The maximum absolute atomic E-state index is 10.4. The maximum atomic E-state index is 10.4. The summed E-state index contributed by atoms with van der Waals surface area (Å²) < 4.78 is 0. The van der Waals surface area contributed by atoms with Gasteiger partial charge in [0.1, 0.15) is 0 Å². The molecule has 1 aromatic carbocycles. The van der Waals surface area contributed by atoms with Gasteiger partial charge in [-0.15, -0.1) is 0 Å². The van der Waals surface area contributed by atoms with Crippen LogP contribution in [-0.4, -0.2) is 4.92 Å². The normalized spacial score (nSPS) is 9.83. The Balaban J connectivity index is 3.20. The number of hydrogen-bond acceptors (Lipinski definition) is 3. The quantitative estimate of drug-likeness (QED) is 0.532. The first-order chi connectivity index (χ1) is 5.65. The smallest absolute Gasteiger partial charge is 0.273 e. The van der Waals surface area contributed by atoms with Crippen LogP contribution in [0.4, 0.5) is 5.69 Å². The third-order valence-corrected chi connectivity index (χ3v) is 1.65. The summed E-state index contributed by atoms with van der Waals surface area (Å²) >= 11 is 0. The Kier molecular flexibility index (Phi) is 2.40. The van der Waals surface area contributed by atoms with Gasteiger partial charge in [-0.1, -0.05) is 11.6 Å². The highest BCUT2D eigenvalue weighted by Crippen LogP contribution is 2.18. The van der Waals surface area contributed by atoms with E-state index in [0.29, 0.717) is 5.56 Å². The fourth-order valence-electron chi connectivity index (χ4n) is 1.06. The summed E-state index contributed by atoms with van der Waals surface area (Å²) in [7, 11) is 0. The Morgan fingerprint density at radius 1 is 1.58 bits per heavy atom. The van der Waals surface area contributed by atoms with Crippen LogP contribution in [0, 0.1) is 17.0 Å². The maximum Gasteiger partial charge on any atom is 0.273 e. The lowest BCUT2D eigenvalue weighted by atomic mass is 10.1. The number of benzene rings is 1. The fourth-order valence-corrected chi connectivity index (χ4v) is 1.06. The molecule has 2 N–H and O–H groups in total. The Bertz CT molecular complexity index is 310. The van der Waals surface area contributed by atoms with E-state index in [1.165, 1.54) is 6.07 Å². The van der Waals surface area contributed by atoms with Crippen LogP contribution >= 0.6 is 0 Å². The molecule has 0 heterocycles. The minimum absolute atomic E-state index is 0.100. The first-order valence-electron chi connectivity index (χ1n) is 3.59. The average molecular weight is 166 g/mol. The molecule has 0 aliphatic carbocycles. The standard InChI is InChI=1S/C8H10N2O2/c1-6-2-3-8(10(11)12)7(4-6)5-9/h2-4H,5,9H2,1H3. The van der Waals surface area contributed by atoms with Crippen molar-refractivity contribution < 1.29 is 4.92 Å². The van der Waals surface area contributed by atoms with Gasteiger partial charge in [-0.05, 0) is 13.0 Å². The second-order valence-corrected chi connectivity index (χ2v) is 2.59. The summed E-state index contributed by atoms with van der Waals surface area (Å²) in [5.74, 6) is 0. The lowest BCUT2D eigenvalue weighted by Crippen LogP contribution is -2.01. The molecule has 0 aliphatic heterocycles. The van der Waals surface area contributed by atoms with Gasteiger partial charge in [-0.3, -0.25) is 10.1 Å². The zero-order chi connectivity index (χ0) is 9.14. The second-order valence-electron chi connectivity index (χ2n) is 2.59. The van der Waals surface area contributed by atoms with Crippen molar-refractivity contribution in [2.24, 2.45) is 5.73 Å². The summed E-state index contributed by atoms with van der Waals surface area (Å²) in [6.45, 7) is 2.08. The first-order valence-corrected chi connectivity index (χ1v) is 3.59. The van der Waals surface area contributed by atoms with Gasteiger partial charge in [0, 0.05) is 18.2 Å². The molecule has 0 spiro atoms. The third kappa shape index (κ3) is 1.60. The Labute approximate surface area is 70.2 Å². The molecule has 0 amide bonds. The van der Waals surface area contributed by atoms with Gasteiger partial charge in [0.15, 0.2) is 0 Å². The number of hydrogen-bond donors (Lipinski definition) is 1. The summed E-state index contributed by atoms with van der Waals surface area (Å²) in [6, 6.07) is 4.92. The van der Waals surface area contributed by atoms with Gasteiger partial charge < -0.3 is 5.73 Å². The van der Waals surface area contributed by atoms with E-state index in [9.17, 15) is 10.1 Å². The SMILES string of the molecule is Cc1ccc([N+](=O)[O-])c(CN)c1. The molecule has 0 atom stereocenters. The van der Waals surface area contributed by atoms with Crippen LogP contribution in [0.15, 0.2) is 18.2 Å². The molecule has 1 rings (SSSR count). The monoisotopic (exact) mass is 166 g/mol. The van der Waals surface area contributed by atoms with Crippen LogP contribution in [0.5, 0.6) is 0 Å². The van der Waals surface area contributed by atoms with E-state index in [2.05, 4.69) is 0 Å². The Morgan fingerprint density at radius 3 is 2.75 bits per heavy atom. The van der Waals surface area contributed by atoms with E-state index in [1.807, 2.05) is 6.92 Å². The molecule has 0 saturated heterocycles. The van der Waals surface area contributed by atoms with E-state index < -0.39 is 4.92 Å². The molecule has 4 nitrogen and oxygen atoms in total. The molecule has 0 saturated carbocycles. The lowest BCUT2D eigenvalue weighted by molar-refractivity contribution is -0.385. The minimum Gasteiger partial charge on any atom is -0.326 e. The van der Waals surface area contributed by atoms with Crippen LogP contribution in [0.25, 0.3) is 0 Å². The number of nitrogens with zero attached hydrogens (tertiary/aromatic N) is 1. The van der Waals surface area contributed by atoms with Gasteiger partial charge >= 0.3 is 0 Å². The predicted molar refractivity (Wildman–Crippen MR) is 45.7 cm³/mol. The zero-order valence-corrected chi connectivity index (χ0v) is 6.78. The topological polar surface area (TPSA) is 69.2 Å². The third-order valence-electron chi connectivity index (χ3n) is 1.65. The molecule has 4 heteroatoms. The van der Waals surface area contributed by atoms with Crippen molar-refractivity contribution >= 4 is 5.69 Å². The van der Waals surface area contributed by atoms with Gasteiger partial charge in [0.2, 0.25) is 0 Å². The summed E-state index contributed by atoms with van der Waals surface area (Å²) in [5.41, 5.74) is 7.02. The molecular formula is C8H10N2O2. The number of nitro groups is 1. The number of aryl methyl sites for hydroxylation is 1. The van der Waals surface area contributed by atoms with Crippen LogP contribution in [0.3, 0.4) is 0 Å². The van der Waals surface area contributed by atoms with E-state index in [-0.39, 0.29) is 12.2 Å². The number of rotatable bonds is 2. The molecule has 0 aromatic heterocycles. The largest absolute Gasteiger partial charge is 0.326 e. The van der Waals surface area contributed by atoms with Crippen LogP contribution < -0.4 is 5.73 Å². The molecule has 64 valence electrons. The minimum atomic E-state index is -0.415. The van der Waals surface area contributed by atoms with Crippen molar-refractivity contribution in [2.45, 2.75) is 13.5 Å². The Morgan fingerprint density at radius 2 is 2.25 bits per heavy atom. The number of nitrogens with two attached hydrogens (primary N) is 1. The second kappa shape index (κ2) is 3.32. The van der Waals surface area contributed by atoms with Gasteiger partial charge in [0.05, 0.1) is 4.92 Å².